The van der Waals surface area contributed by atoms with Crippen LogP contribution >= 0.6 is 0 Å². The van der Waals surface area contributed by atoms with Crippen molar-refractivity contribution >= 4 is 38.9 Å². The van der Waals surface area contributed by atoms with Crippen LogP contribution in [0.25, 0.3) is 11.6 Å². The molecule has 0 aromatic carbocycles. The highest BCUT2D eigenvalue weighted by Crippen LogP contribution is 2.32. The van der Waals surface area contributed by atoms with Crippen LogP contribution in [-0.4, -0.2) is 71.5 Å². The number of allylic oxidation sites excluding steroid dienone is 3. The topological polar surface area (TPSA) is 148 Å². The number of amidine groups is 1. The Hall–Kier alpha value is -3.61. The lowest BCUT2D eigenvalue weighted by atomic mass is 9.93. The molecule has 0 amide bonds. The molecule has 3 heterocycles. The Kier molecular flexibility index (Phi) is 7.20. The molecule has 0 saturated carbocycles. The summed E-state index contributed by atoms with van der Waals surface area (Å²) >= 11 is 0. The van der Waals surface area contributed by atoms with Crippen LogP contribution in [0.2, 0.25) is 0 Å². The fourth-order valence-electron chi connectivity index (χ4n) is 4.10. The Bertz CT molecular complexity index is 1390. The number of imidazole rings is 1. The third-order valence-electron chi connectivity index (χ3n) is 5.98. The van der Waals surface area contributed by atoms with Gasteiger partial charge in [0.05, 0.1) is 29.8 Å². The monoisotopic (exact) mass is 510 g/mol. The van der Waals surface area contributed by atoms with Gasteiger partial charge in [0.15, 0.2) is 5.82 Å². The number of pyridine rings is 1. The van der Waals surface area contributed by atoms with Crippen LogP contribution < -0.4 is 10.1 Å². The maximum Gasteiger partial charge on any atom is 0.229 e. The molecule has 0 spiro atoms. The number of nitrogens with one attached hydrogen (secondary N) is 3. The molecule has 4 rings (SSSR count). The fourth-order valence-corrected chi connectivity index (χ4v) is 4.64. The molecule has 1 aliphatic heterocycles. The van der Waals surface area contributed by atoms with E-state index in [4.69, 9.17) is 4.98 Å². The van der Waals surface area contributed by atoms with E-state index >= 15 is 0 Å². The molecule has 4 N–H and O–H groups in total. The molecule has 11 nitrogen and oxygen atoms in total. The number of sulfonamides is 1. The van der Waals surface area contributed by atoms with Crippen molar-refractivity contribution in [2.45, 2.75) is 25.5 Å². The number of hydrazone groups is 1. The largest absolute Gasteiger partial charge is 0.378 e. The summed E-state index contributed by atoms with van der Waals surface area (Å²) < 4.78 is 25.5. The number of hydrogen-bond acceptors (Lipinski definition) is 8. The SMILES string of the molecule is C=C/C(=C\N=C1NN=C(c2nc3c([nH]2)C([C@@H](O)N(C)C)CC=C3)[C@@H]1C)c1cncc(NS(C)(=O)=O)c1. The van der Waals surface area contributed by atoms with Crippen LogP contribution in [0.1, 0.15) is 42.0 Å². The number of aliphatic imine (C=N–C) groups is 1. The Morgan fingerprint density at radius 3 is 2.86 bits per heavy atom. The zero-order chi connectivity index (χ0) is 26.0. The second-order valence-electron chi connectivity index (χ2n) is 8.98. The maximum absolute atomic E-state index is 11.5. The van der Waals surface area contributed by atoms with Gasteiger partial charge in [0.2, 0.25) is 10.0 Å². The Morgan fingerprint density at radius 1 is 1.39 bits per heavy atom. The number of likely N-dealkylation sites (N-methyl/N-ethyl adjacent to an activating group) is 1. The van der Waals surface area contributed by atoms with Crippen LogP contribution in [0.5, 0.6) is 0 Å². The highest BCUT2D eigenvalue weighted by atomic mass is 32.2. The number of aromatic nitrogens is 3. The molecule has 36 heavy (non-hydrogen) atoms. The van der Waals surface area contributed by atoms with E-state index in [0.717, 1.165) is 17.6 Å². The molecule has 2 aromatic rings. The molecule has 1 aliphatic carbocycles. The van der Waals surface area contributed by atoms with E-state index in [9.17, 15) is 13.5 Å². The lowest BCUT2D eigenvalue weighted by molar-refractivity contribution is 0.0157. The first kappa shape index (κ1) is 25.5. The summed E-state index contributed by atoms with van der Waals surface area (Å²) in [6.07, 6.45) is 11.4. The predicted molar refractivity (Wildman–Crippen MR) is 142 cm³/mol. The quantitative estimate of drug-likeness (QED) is 0.314. The van der Waals surface area contributed by atoms with E-state index < -0.39 is 16.3 Å². The molecular formula is C24H30N8O3S. The third-order valence-corrected chi connectivity index (χ3v) is 6.58. The first-order chi connectivity index (χ1) is 17.1. The Labute approximate surface area is 210 Å². The van der Waals surface area contributed by atoms with Gasteiger partial charge >= 0.3 is 0 Å². The molecule has 2 aliphatic rings. The van der Waals surface area contributed by atoms with Gasteiger partial charge < -0.3 is 10.1 Å². The minimum Gasteiger partial charge on any atom is -0.378 e. The lowest BCUT2D eigenvalue weighted by Gasteiger charge is -2.28. The summed E-state index contributed by atoms with van der Waals surface area (Å²) in [5.74, 6) is 0.971. The minimum atomic E-state index is -3.42. The molecular weight excluding hydrogens is 480 g/mol. The van der Waals surface area contributed by atoms with Crippen molar-refractivity contribution in [2.75, 3.05) is 25.1 Å². The summed E-state index contributed by atoms with van der Waals surface area (Å²) in [6.45, 7) is 5.81. The van der Waals surface area contributed by atoms with Gasteiger partial charge in [-0.25, -0.2) is 18.4 Å². The molecule has 190 valence electrons. The van der Waals surface area contributed by atoms with Gasteiger partial charge in [-0.1, -0.05) is 18.7 Å². The summed E-state index contributed by atoms with van der Waals surface area (Å²) in [6, 6.07) is 1.66. The highest BCUT2D eigenvalue weighted by molar-refractivity contribution is 7.92. The number of nitrogens with zero attached hydrogens (tertiary/aromatic N) is 5. The van der Waals surface area contributed by atoms with E-state index in [-0.39, 0.29) is 11.8 Å². The molecule has 0 fully saturated rings. The molecule has 0 saturated heterocycles. The van der Waals surface area contributed by atoms with Crippen molar-refractivity contribution in [1.29, 1.82) is 0 Å². The minimum absolute atomic E-state index is 0.112. The van der Waals surface area contributed by atoms with Crippen LogP contribution in [0.15, 0.2) is 53.5 Å². The first-order valence-electron chi connectivity index (χ1n) is 11.4. The van der Waals surface area contributed by atoms with E-state index in [1.54, 1.807) is 29.4 Å². The average molecular weight is 511 g/mol. The maximum atomic E-state index is 11.5. The number of rotatable bonds is 8. The molecule has 12 heteroatoms. The van der Waals surface area contributed by atoms with Crippen molar-refractivity contribution in [3.8, 4) is 0 Å². The van der Waals surface area contributed by atoms with Crippen LogP contribution in [0, 0.1) is 5.92 Å². The standard InChI is InChI=1S/C24H30N8O3S/c1-6-15(16-10-17(13-25-11-16)31-36(5,34)35)12-26-22-14(2)20(29-30-22)23-27-19-9-7-8-18(21(19)28-23)24(33)32(3)4/h6-7,9-14,18,24,31,33H,1,8H2,2-5H3,(H,26,30)(H,27,28)/b15-12+/t14-,18?,24+/m0/s1. The fraction of sp³-hybridized carbons (Fsp3) is 0.333. The summed E-state index contributed by atoms with van der Waals surface area (Å²) in [7, 11) is 0.262. The number of H-pyrrole nitrogens is 1. The van der Waals surface area contributed by atoms with Crippen molar-refractivity contribution in [1.82, 2.24) is 25.3 Å². The van der Waals surface area contributed by atoms with Gasteiger partial charge in [-0.05, 0) is 39.6 Å². The average Bonchev–Trinajstić information content (AvgIpc) is 3.41. The predicted octanol–water partition coefficient (Wildman–Crippen LogP) is 2.13. The number of fused-ring (bicyclic) bond motifs is 1. The Balaban J connectivity index is 1.55. The van der Waals surface area contributed by atoms with Crippen molar-refractivity contribution < 1.29 is 13.5 Å². The smallest absolute Gasteiger partial charge is 0.229 e. The normalized spacial score (nSPS) is 21.8. The number of aliphatic hydroxyl groups is 1. The number of aliphatic hydroxyl groups excluding tert-OH is 1. The van der Waals surface area contributed by atoms with Crippen LogP contribution in [-0.2, 0) is 10.0 Å². The number of anilines is 1. The van der Waals surface area contributed by atoms with E-state index in [2.05, 4.69) is 36.8 Å². The summed E-state index contributed by atoms with van der Waals surface area (Å²) in [5.41, 5.74) is 7.04. The second-order valence-corrected chi connectivity index (χ2v) is 10.7. The molecule has 0 radical (unpaired) electrons. The van der Waals surface area contributed by atoms with Gasteiger partial charge in [-0.3, -0.25) is 20.0 Å². The highest BCUT2D eigenvalue weighted by Gasteiger charge is 2.32. The van der Waals surface area contributed by atoms with Gasteiger partial charge in [0.25, 0.3) is 0 Å². The molecule has 1 unspecified atom stereocenters. The Morgan fingerprint density at radius 2 is 2.17 bits per heavy atom. The molecule has 3 atom stereocenters. The number of hydrogen-bond donors (Lipinski definition) is 4. The van der Waals surface area contributed by atoms with E-state index in [1.165, 1.54) is 6.20 Å². The van der Waals surface area contributed by atoms with Gasteiger partial charge in [-0.2, -0.15) is 5.10 Å². The number of aromatic amines is 1. The lowest BCUT2D eigenvalue weighted by Crippen LogP contribution is -2.34. The van der Waals surface area contributed by atoms with Crippen molar-refractivity contribution in [2.24, 2.45) is 16.0 Å². The zero-order valence-corrected chi connectivity index (χ0v) is 21.4. The molecule has 2 aromatic heterocycles. The van der Waals surface area contributed by atoms with Crippen LogP contribution in [0.3, 0.4) is 0 Å². The summed E-state index contributed by atoms with van der Waals surface area (Å²) in [5, 5.41) is 15.1. The van der Waals surface area contributed by atoms with Gasteiger partial charge in [0.1, 0.15) is 17.8 Å². The van der Waals surface area contributed by atoms with Gasteiger partial charge in [-0.15, -0.1) is 0 Å². The van der Waals surface area contributed by atoms with Crippen LogP contribution in [0.4, 0.5) is 5.69 Å². The van der Waals surface area contributed by atoms with Gasteiger partial charge in [0, 0.05) is 35.1 Å². The molecule has 0 bridgehead atoms. The van der Waals surface area contributed by atoms with E-state index in [1.807, 2.05) is 33.2 Å². The van der Waals surface area contributed by atoms with Crippen molar-refractivity contribution in [3.05, 3.63) is 66.2 Å². The first-order valence-corrected chi connectivity index (χ1v) is 13.2. The summed E-state index contributed by atoms with van der Waals surface area (Å²) in [4.78, 5) is 18.5. The second kappa shape index (κ2) is 10.2. The zero-order valence-electron chi connectivity index (χ0n) is 20.6. The van der Waals surface area contributed by atoms with E-state index in [0.29, 0.717) is 40.6 Å². The van der Waals surface area contributed by atoms with Crippen molar-refractivity contribution in [3.63, 3.8) is 0 Å². The third kappa shape index (κ3) is 5.45.